The first-order valence-corrected chi connectivity index (χ1v) is 7.75. The highest BCUT2D eigenvalue weighted by atomic mass is 28.3. The van der Waals surface area contributed by atoms with Crippen LogP contribution in [-0.2, 0) is 0 Å². The lowest BCUT2D eigenvalue weighted by molar-refractivity contribution is 0.539. The SMILES string of the molecule is CCCCN1C=CC[Si]1(C)C. The van der Waals surface area contributed by atoms with Gasteiger partial charge in [-0.1, -0.05) is 32.5 Å². The second kappa shape index (κ2) is 3.44. The van der Waals surface area contributed by atoms with Gasteiger partial charge in [0.15, 0.2) is 8.24 Å². The summed E-state index contributed by atoms with van der Waals surface area (Å²) in [4.78, 5) is 0. The molecular formula is C9H19NSi. The van der Waals surface area contributed by atoms with E-state index in [1.807, 2.05) is 0 Å². The standard InChI is InChI=1S/C9H19NSi/c1-4-5-7-10-8-6-9-11(10,2)3/h6,8H,4-5,7,9H2,1-3H3. The highest BCUT2D eigenvalue weighted by Gasteiger charge is 2.29. The Morgan fingerprint density at radius 2 is 2.18 bits per heavy atom. The zero-order chi connectivity index (χ0) is 8.32. The lowest BCUT2D eigenvalue weighted by Gasteiger charge is -2.30. The van der Waals surface area contributed by atoms with Crippen LogP contribution in [0.1, 0.15) is 19.8 Å². The van der Waals surface area contributed by atoms with Crippen LogP contribution in [0.3, 0.4) is 0 Å². The summed E-state index contributed by atoms with van der Waals surface area (Å²) < 4.78 is 2.59. The minimum atomic E-state index is -0.985. The molecule has 0 radical (unpaired) electrons. The van der Waals surface area contributed by atoms with Gasteiger partial charge in [-0.3, -0.25) is 0 Å². The Kier molecular flexibility index (Phi) is 2.76. The van der Waals surface area contributed by atoms with Gasteiger partial charge < -0.3 is 4.57 Å². The summed E-state index contributed by atoms with van der Waals surface area (Å²) in [6.07, 6.45) is 7.30. The van der Waals surface area contributed by atoms with E-state index in [4.69, 9.17) is 0 Å². The fourth-order valence-corrected chi connectivity index (χ4v) is 3.68. The molecule has 0 atom stereocenters. The van der Waals surface area contributed by atoms with Crippen molar-refractivity contribution in [3.05, 3.63) is 12.3 Å². The summed E-state index contributed by atoms with van der Waals surface area (Å²) in [5.41, 5.74) is 0. The van der Waals surface area contributed by atoms with Crippen molar-refractivity contribution in [3.63, 3.8) is 0 Å². The van der Waals surface area contributed by atoms with Crippen molar-refractivity contribution >= 4 is 8.24 Å². The summed E-state index contributed by atoms with van der Waals surface area (Å²) in [6, 6.07) is 1.34. The second-order valence-corrected chi connectivity index (χ2v) is 8.56. The molecule has 0 amide bonds. The molecule has 0 fully saturated rings. The van der Waals surface area contributed by atoms with Gasteiger partial charge in [0.25, 0.3) is 0 Å². The fourth-order valence-electron chi connectivity index (χ4n) is 1.49. The average molecular weight is 169 g/mol. The number of hydrogen-bond acceptors (Lipinski definition) is 1. The molecular weight excluding hydrogens is 150 g/mol. The van der Waals surface area contributed by atoms with Gasteiger partial charge >= 0.3 is 0 Å². The zero-order valence-corrected chi connectivity index (χ0v) is 8.93. The maximum atomic E-state index is 2.59. The van der Waals surface area contributed by atoms with Crippen LogP contribution in [0.2, 0.25) is 19.1 Å². The van der Waals surface area contributed by atoms with E-state index in [2.05, 4.69) is 36.9 Å². The topological polar surface area (TPSA) is 3.24 Å². The third kappa shape index (κ3) is 2.09. The van der Waals surface area contributed by atoms with Crippen LogP contribution in [0.5, 0.6) is 0 Å². The first kappa shape index (κ1) is 8.85. The van der Waals surface area contributed by atoms with Gasteiger partial charge in [-0.05, 0) is 18.7 Å². The predicted molar refractivity (Wildman–Crippen MR) is 53.0 cm³/mol. The van der Waals surface area contributed by atoms with E-state index < -0.39 is 8.24 Å². The van der Waals surface area contributed by atoms with Crippen LogP contribution in [0.15, 0.2) is 12.3 Å². The number of nitrogens with zero attached hydrogens (tertiary/aromatic N) is 1. The van der Waals surface area contributed by atoms with Crippen molar-refractivity contribution in [2.24, 2.45) is 0 Å². The molecule has 0 bridgehead atoms. The van der Waals surface area contributed by atoms with E-state index in [1.165, 1.54) is 25.4 Å². The van der Waals surface area contributed by atoms with Crippen molar-refractivity contribution in [1.82, 2.24) is 4.57 Å². The Hall–Kier alpha value is -0.243. The summed E-state index contributed by atoms with van der Waals surface area (Å²) >= 11 is 0. The van der Waals surface area contributed by atoms with Gasteiger partial charge in [0.05, 0.1) is 0 Å². The molecule has 0 unspecified atom stereocenters. The monoisotopic (exact) mass is 169 g/mol. The van der Waals surface area contributed by atoms with Crippen molar-refractivity contribution in [2.75, 3.05) is 6.54 Å². The van der Waals surface area contributed by atoms with Crippen LogP contribution in [0.25, 0.3) is 0 Å². The van der Waals surface area contributed by atoms with E-state index in [9.17, 15) is 0 Å². The van der Waals surface area contributed by atoms with E-state index in [0.29, 0.717) is 0 Å². The van der Waals surface area contributed by atoms with Gasteiger partial charge in [0.1, 0.15) is 0 Å². The van der Waals surface area contributed by atoms with Crippen LogP contribution in [0.4, 0.5) is 0 Å². The Morgan fingerprint density at radius 3 is 2.64 bits per heavy atom. The molecule has 0 aromatic rings. The van der Waals surface area contributed by atoms with Crippen LogP contribution in [-0.4, -0.2) is 19.3 Å². The van der Waals surface area contributed by atoms with E-state index in [0.717, 1.165) is 0 Å². The first-order chi connectivity index (χ1) is 5.17. The zero-order valence-electron chi connectivity index (χ0n) is 7.93. The van der Waals surface area contributed by atoms with Crippen LogP contribution < -0.4 is 0 Å². The summed E-state index contributed by atoms with van der Waals surface area (Å²) in [5, 5.41) is 0. The smallest absolute Gasteiger partial charge is 0.153 e. The molecule has 1 aliphatic heterocycles. The Labute approximate surface area is 71.2 Å². The van der Waals surface area contributed by atoms with Gasteiger partial charge in [-0.25, -0.2) is 0 Å². The normalized spacial score (nSPS) is 21.2. The van der Waals surface area contributed by atoms with Crippen molar-refractivity contribution in [2.45, 2.75) is 38.9 Å². The number of hydrogen-bond donors (Lipinski definition) is 0. The Morgan fingerprint density at radius 1 is 1.45 bits per heavy atom. The molecule has 1 nitrogen and oxygen atoms in total. The molecule has 0 spiro atoms. The van der Waals surface area contributed by atoms with Crippen molar-refractivity contribution in [3.8, 4) is 0 Å². The highest BCUT2D eigenvalue weighted by Crippen LogP contribution is 2.23. The molecule has 0 saturated heterocycles. The molecule has 11 heavy (non-hydrogen) atoms. The minimum Gasteiger partial charge on any atom is -0.403 e. The van der Waals surface area contributed by atoms with Gasteiger partial charge in [0.2, 0.25) is 0 Å². The quantitative estimate of drug-likeness (QED) is 0.587. The molecule has 64 valence electrons. The predicted octanol–water partition coefficient (Wildman–Crippen LogP) is 2.82. The van der Waals surface area contributed by atoms with Crippen LogP contribution >= 0.6 is 0 Å². The van der Waals surface area contributed by atoms with Crippen LogP contribution in [0, 0.1) is 0 Å². The Bertz CT molecular complexity index is 152. The average Bonchev–Trinajstić information content (AvgIpc) is 2.25. The summed E-state index contributed by atoms with van der Waals surface area (Å²) in [7, 11) is -0.985. The maximum absolute atomic E-state index is 2.59. The van der Waals surface area contributed by atoms with Crippen molar-refractivity contribution < 1.29 is 0 Å². The van der Waals surface area contributed by atoms with Gasteiger partial charge in [-0.15, -0.1) is 0 Å². The van der Waals surface area contributed by atoms with Crippen molar-refractivity contribution in [1.29, 1.82) is 0 Å². The highest BCUT2D eigenvalue weighted by molar-refractivity contribution is 6.76. The third-order valence-electron chi connectivity index (χ3n) is 2.43. The van der Waals surface area contributed by atoms with E-state index >= 15 is 0 Å². The minimum absolute atomic E-state index is 0.985. The van der Waals surface area contributed by atoms with E-state index in [1.54, 1.807) is 0 Å². The molecule has 1 heterocycles. The molecule has 1 rings (SSSR count). The molecule has 0 aliphatic carbocycles. The number of rotatable bonds is 3. The fraction of sp³-hybridized carbons (Fsp3) is 0.778. The van der Waals surface area contributed by atoms with Gasteiger partial charge in [0, 0.05) is 6.54 Å². The molecule has 0 aromatic carbocycles. The van der Waals surface area contributed by atoms with Gasteiger partial charge in [-0.2, -0.15) is 0 Å². The molecule has 0 saturated carbocycles. The summed E-state index contributed by atoms with van der Waals surface area (Å²) in [5.74, 6) is 0. The lowest BCUT2D eigenvalue weighted by atomic mass is 10.3. The lowest BCUT2D eigenvalue weighted by Crippen LogP contribution is -2.41. The molecule has 0 aromatic heterocycles. The maximum Gasteiger partial charge on any atom is 0.153 e. The number of unbranched alkanes of at least 4 members (excludes halogenated alkanes) is 1. The molecule has 2 heteroatoms. The number of allylic oxidation sites excluding steroid dienone is 1. The largest absolute Gasteiger partial charge is 0.403 e. The third-order valence-corrected chi connectivity index (χ3v) is 5.60. The summed E-state index contributed by atoms with van der Waals surface area (Å²) in [6.45, 7) is 8.44. The molecule has 0 N–H and O–H groups in total. The Balaban J connectivity index is 2.38. The second-order valence-electron chi connectivity index (χ2n) is 3.95. The first-order valence-electron chi connectivity index (χ1n) is 4.60. The molecule has 1 aliphatic rings. The van der Waals surface area contributed by atoms with E-state index in [-0.39, 0.29) is 0 Å².